The van der Waals surface area contributed by atoms with E-state index in [1.165, 1.54) is 0 Å². The quantitative estimate of drug-likeness (QED) is 0.217. The number of anilines is 1. The minimum absolute atomic E-state index is 0.0209. The van der Waals surface area contributed by atoms with Gasteiger partial charge in [-0.05, 0) is 43.4 Å². The monoisotopic (exact) mass is 556 g/mol. The molecular formula is C32H48N2O6. The lowest BCUT2D eigenvalue weighted by molar-refractivity contribution is -0.118. The molecule has 222 valence electrons. The van der Waals surface area contributed by atoms with E-state index in [2.05, 4.69) is 11.4 Å². The minimum Gasteiger partial charge on any atom is -0.482 e. The standard InChI is InChI=1S/C32H48N2O6/c1-8-9-10-21(4)31(40-32(33)38)24(7)30(37)23(6)16-19(2)15-22(5)29(36)20(3)11-12-25-13-14-27-26(17-25)34-28(35)18-39-27/h9-15,17,20-24,29-31,36-37H,8,16,18H2,1-7H3,(H2,33,38)(H,34,35)/b10-9-,12-11-,19-15-/t20-,21-,22?,23?,24?,29?,30?,31?/m0/s1. The zero-order valence-corrected chi connectivity index (χ0v) is 25.0. The van der Waals surface area contributed by atoms with E-state index < -0.39 is 24.4 Å². The summed E-state index contributed by atoms with van der Waals surface area (Å²) in [6.07, 6.45) is 8.76. The van der Waals surface area contributed by atoms with Gasteiger partial charge < -0.3 is 30.7 Å². The molecule has 0 saturated heterocycles. The number of allylic oxidation sites excluding steroid dienone is 2. The van der Waals surface area contributed by atoms with Gasteiger partial charge in [0.2, 0.25) is 0 Å². The number of carbonyl (C=O) groups is 2. The summed E-state index contributed by atoms with van der Waals surface area (Å²) in [6.45, 7) is 13.8. The van der Waals surface area contributed by atoms with E-state index in [-0.39, 0.29) is 42.1 Å². The van der Waals surface area contributed by atoms with Gasteiger partial charge in [-0.2, -0.15) is 0 Å². The van der Waals surface area contributed by atoms with E-state index in [0.717, 1.165) is 17.6 Å². The number of ether oxygens (including phenoxy) is 2. The van der Waals surface area contributed by atoms with Crippen LogP contribution in [0.25, 0.3) is 6.08 Å². The molecule has 5 N–H and O–H groups in total. The number of hydrogen-bond acceptors (Lipinski definition) is 6. The Labute approximate surface area is 239 Å². The molecule has 0 fully saturated rings. The molecule has 0 spiro atoms. The lowest BCUT2D eigenvalue weighted by Gasteiger charge is -2.33. The molecule has 1 aliphatic heterocycles. The van der Waals surface area contributed by atoms with Crippen LogP contribution in [0.3, 0.4) is 0 Å². The van der Waals surface area contributed by atoms with Crippen molar-refractivity contribution in [3.63, 3.8) is 0 Å². The SMILES string of the molecule is CC/C=C\[C@H](C)C(OC(N)=O)C(C)C(O)C(C)C/C(C)=C\C(C)C(O)[C@@H](C)/C=C\c1ccc2c(c1)NC(=O)CO2. The summed E-state index contributed by atoms with van der Waals surface area (Å²) < 4.78 is 10.8. The van der Waals surface area contributed by atoms with Crippen molar-refractivity contribution in [1.29, 1.82) is 0 Å². The highest BCUT2D eigenvalue weighted by Gasteiger charge is 2.33. The number of primary amides is 1. The van der Waals surface area contributed by atoms with Crippen molar-refractivity contribution in [3.8, 4) is 5.75 Å². The molecule has 1 aromatic carbocycles. The van der Waals surface area contributed by atoms with Gasteiger partial charge in [0.05, 0.1) is 17.9 Å². The van der Waals surface area contributed by atoms with Gasteiger partial charge >= 0.3 is 6.09 Å². The van der Waals surface area contributed by atoms with Crippen molar-refractivity contribution in [1.82, 2.24) is 0 Å². The lowest BCUT2D eigenvalue weighted by atomic mass is 9.81. The highest BCUT2D eigenvalue weighted by molar-refractivity contribution is 5.95. The zero-order valence-electron chi connectivity index (χ0n) is 25.0. The molecule has 0 saturated carbocycles. The van der Waals surface area contributed by atoms with Crippen LogP contribution in [0.15, 0.2) is 48.1 Å². The molecule has 6 unspecified atom stereocenters. The Bertz CT molecular complexity index is 1080. The summed E-state index contributed by atoms with van der Waals surface area (Å²) in [6, 6.07) is 5.58. The number of benzene rings is 1. The maximum absolute atomic E-state index is 11.6. The smallest absolute Gasteiger partial charge is 0.404 e. The second kappa shape index (κ2) is 15.6. The van der Waals surface area contributed by atoms with E-state index >= 15 is 0 Å². The van der Waals surface area contributed by atoms with E-state index in [1.807, 2.05) is 91.0 Å². The van der Waals surface area contributed by atoms with Crippen molar-refractivity contribution in [3.05, 3.63) is 53.6 Å². The summed E-state index contributed by atoms with van der Waals surface area (Å²) in [5.74, 6) is -0.255. The van der Waals surface area contributed by atoms with E-state index in [0.29, 0.717) is 17.9 Å². The number of aliphatic hydroxyl groups is 2. The minimum atomic E-state index is -0.845. The molecule has 1 heterocycles. The number of nitrogens with one attached hydrogen (secondary N) is 1. The van der Waals surface area contributed by atoms with E-state index in [1.54, 1.807) is 0 Å². The van der Waals surface area contributed by atoms with Crippen molar-refractivity contribution >= 4 is 23.8 Å². The molecule has 2 rings (SSSR count). The van der Waals surface area contributed by atoms with Crippen LogP contribution >= 0.6 is 0 Å². The number of amides is 2. The first-order chi connectivity index (χ1) is 18.8. The highest BCUT2D eigenvalue weighted by Crippen LogP contribution is 2.30. The Hall–Kier alpha value is -3.10. The second-order valence-corrected chi connectivity index (χ2v) is 11.3. The maximum Gasteiger partial charge on any atom is 0.404 e. The predicted octanol–water partition coefficient (Wildman–Crippen LogP) is 5.70. The highest BCUT2D eigenvalue weighted by atomic mass is 16.6. The van der Waals surface area contributed by atoms with Crippen LogP contribution in [0.5, 0.6) is 5.75 Å². The Morgan fingerprint density at radius 1 is 1.10 bits per heavy atom. The summed E-state index contributed by atoms with van der Waals surface area (Å²) in [4.78, 5) is 23.1. The largest absolute Gasteiger partial charge is 0.482 e. The number of carbonyl (C=O) groups excluding carboxylic acids is 2. The first-order valence-electron chi connectivity index (χ1n) is 14.2. The average molecular weight is 557 g/mol. The molecule has 1 aromatic rings. The Balaban J connectivity index is 1.99. The zero-order chi connectivity index (χ0) is 30.0. The molecule has 1 aliphatic rings. The average Bonchev–Trinajstić information content (AvgIpc) is 2.91. The van der Waals surface area contributed by atoms with Crippen LogP contribution in [-0.4, -0.2) is 47.1 Å². The van der Waals surface area contributed by atoms with Crippen molar-refractivity contribution in [2.75, 3.05) is 11.9 Å². The van der Waals surface area contributed by atoms with Gasteiger partial charge in [0.1, 0.15) is 11.9 Å². The molecule has 0 aliphatic carbocycles. The van der Waals surface area contributed by atoms with Crippen LogP contribution < -0.4 is 15.8 Å². The van der Waals surface area contributed by atoms with E-state index in [4.69, 9.17) is 15.2 Å². The van der Waals surface area contributed by atoms with Crippen molar-refractivity contribution < 1.29 is 29.3 Å². The van der Waals surface area contributed by atoms with Gasteiger partial charge in [0.25, 0.3) is 5.91 Å². The molecule has 0 radical (unpaired) electrons. The van der Waals surface area contributed by atoms with Crippen LogP contribution in [0.2, 0.25) is 0 Å². The summed E-state index contributed by atoms with van der Waals surface area (Å²) in [5, 5.41) is 24.9. The Morgan fingerprint density at radius 3 is 2.45 bits per heavy atom. The fourth-order valence-corrected chi connectivity index (χ4v) is 5.30. The maximum atomic E-state index is 11.6. The number of hydrogen-bond donors (Lipinski definition) is 4. The molecule has 40 heavy (non-hydrogen) atoms. The van der Waals surface area contributed by atoms with E-state index in [9.17, 15) is 19.8 Å². The molecular weight excluding hydrogens is 508 g/mol. The molecule has 8 nitrogen and oxygen atoms in total. The van der Waals surface area contributed by atoms with Crippen LogP contribution in [-0.2, 0) is 9.53 Å². The van der Waals surface area contributed by atoms with Crippen molar-refractivity contribution in [2.24, 2.45) is 35.3 Å². The van der Waals surface area contributed by atoms with Gasteiger partial charge in [0.15, 0.2) is 6.61 Å². The van der Waals surface area contributed by atoms with Crippen LogP contribution in [0, 0.1) is 29.6 Å². The van der Waals surface area contributed by atoms with Gasteiger partial charge in [-0.3, -0.25) is 4.79 Å². The second-order valence-electron chi connectivity index (χ2n) is 11.3. The number of rotatable bonds is 14. The number of fused-ring (bicyclic) bond motifs is 1. The number of nitrogens with two attached hydrogens (primary N) is 1. The van der Waals surface area contributed by atoms with Crippen molar-refractivity contribution in [2.45, 2.75) is 79.6 Å². The summed E-state index contributed by atoms with van der Waals surface area (Å²) in [7, 11) is 0. The lowest BCUT2D eigenvalue weighted by Crippen LogP contribution is -2.41. The molecule has 8 heteroatoms. The third-order valence-electron chi connectivity index (χ3n) is 7.58. The van der Waals surface area contributed by atoms with Crippen LogP contribution in [0.4, 0.5) is 10.5 Å². The normalized spacial score (nSPS) is 20.0. The molecule has 0 bridgehead atoms. The van der Waals surface area contributed by atoms with Gasteiger partial charge in [-0.1, -0.05) is 83.6 Å². The first-order valence-corrected chi connectivity index (χ1v) is 14.2. The fraction of sp³-hybridized carbons (Fsp3) is 0.562. The first kappa shape index (κ1) is 33.1. The van der Waals surface area contributed by atoms with Crippen LogP contribution in [0.1, 0.15) is 66.9 Å². The summed E-state index contributed by atoms with van der Waals surface area (Å²) >= 11 is 0. The Morgan fingerprint density at radius 2 is 1.80 bits per heavy atom. The number of aliphatic hydroxyl groups excluding tert-OH is 2. The predicted molar refractivity (Wildman–Crippen MR) is 160 cm³/mol. The third-order valence-corrected chi connectivity index (χ3v) is 7.58. The topological polar surface area (TPSA) is 131 Å². The molecule has 8 atom stereocenters. The fourth-order valence-electron chi connectivity index (χ4n) is 5.30. The molecule has 0 aromatic heterocycles. The van der Waals surface area contributed by atoms with Gasteiger partial charge in [0, 0.05) is 23.7 Å². The third kappa shape index (κ3) is 9.82. The van der Waals surface area contributed by atoms with Gasteiger partial charge in [-0.25, -0.2) is 4.79 Å². The molecule has 2 amide bonds. The summed E-state index contributed by atoms with van der Waals surface area (Å²) in [5.41, 5.74) is 7.94. The van der Waals surface area contributed by atoms with Gasteiger partial charge in [-0.15, -0.1) is 0 Å². The Kier molecular flexibility index (Phi) is 12.9.